The highest BCUT2D eigenvalue weighted by atomic mass is 32.2. The number of sulfonamides is 1. The van der Waals surface area contributed by atoms with Gasteiger partial charge in [0.15, 0.2) is 0 Å². The zero-order valence-electron chi connectivity index (χ0n) is 8.80. The Hall–Kier alpha value is -1.34. The lowest BCUT2D eigenvalue weighted by Crippen LogP contribution is -2.55. The minimum Gasteiger partial charge on any atom is -0.366 e. The van der Waals surface area contributed by atoms with Gasteiger partial charge in [-0.1, -0.05) is 0 Å². The van der Waals surface area contributed by atoms with Crippen molar-refractivity contribution in [3.05, 3.63) is 18.5 Å². The van der Waals surface area contributed by atoms with Gasteiger partial charge in [0, 0.05) is 25.5 Å². The van der Waals surface area contributed by atoms with Gasteiger partial charge in [0.2, 0.25) is 15.9 Å². The van der Waals surface area contributed by atoms with Gasteiger partial charge in [-0.2, -0.15) is 4.31 Å². The maximum absolute atomic E-state index is 12.1. The first-order chi connectivity index (χ1) is 7.53. The quantitative estimate of drug-likeness (QED) is 0.736. The maximum atomic E-state index is 12.1. The Kier molecular flexibility index (Phi) is 2.73. The van der Waals surface area contributed by atoms with Gasteiger partial charge in [0.1, 0.15) is 6.04 Å². The SMILES string of the molecule is CC1C(=O)NCCN1S(=O)(=O)c1cc[nH]c1. The second-order valence-electron chi connectivity index (χ2n) is 3.63. The van der Waals surface area contributed by atoms with E-state index in [1.165, 1.54) is 16.6 Å². The summed E-state index contributed by atoms with van der Waals surface area (Å²) in [6.45, 7) is 2.24. The van der Waals surface area contributed by atoms with Gasteiger partial charge >= 0.3 is 0 Å². The van der Waals surface area contributed by atoms with Crippen LogP contribution >= 0.6 is 0 Å². The Morgan fingerprint density at radius 3 is 2.88 bits per heavy atom. The average Bonchev–Trinajstić information content (AvgIpc) is 2.75. The van der Waals surface area contributed by atoms with Gasteiger partial charge in [0.25, 0.3) is 0 Å². The molecule has 2 heterocycles. The van der Waals surface area contributed by atoms with Gasteiger partial charge in [0.05, 0.1) is 4.90 Å². The van der Waals surface area contributed by atoms with E-state index in [9.17, 15) is 13.2 Å². The predicted octanol–water partition coefficient (Wildman–Crippen LogP) is -0.476. The lowest BCUT2D eigenvalue weighted by Gasteiger charge is -2.31. The van der Waals surface area contributed by atoms with Crippen molar-refractivity contribution in [3.8, 4) is 0 Å². The molecule has 1 fully saturated rings. The van der Waals surface area contributed by atoms with Crippen LogP contribution in [-0.4, -0.2) is 42.7 Å². The topological polar surface area (TPSA) is 82.3 Å². The molecule has 2 rings (SSSR count). The molecule has 7 heteroatoms. The van der Waals surface area contributed by atoms with Crippen LogP contribution < -0.4 is 5.32 Å². The van der Waals surface area contributed by atoms with Crippen LogP contribution in [0.3, 0.4) is 0 Å². The van der Waals surface area contributed by atoms with Crippen LogP contribution in [0.4, 0.5) is 0 Å². The molecule has 1 atom stereocenters. The molecule has 88 valence electrons. The number of hydrogen-bond donors (Lipinski definition) is 2. The zero-order chi connectivity index (χ0) is 11.8. The highest BCUT2D eigenvalue weighted by Gasteiger charge is 2.35. The van der Waals surface area contributed by atoms with Crippen molar-refractivity contribution in [2.45, 2.75) is 17.9 Å². The van der Waals surface area contributed by atoms with Gasteiger partial charge in [-0.15, -0.1) is 0 Å². The average molecular weight is 243 g/mol. The molecule has 16 heavy (non-hydrogen) atoms. The van der Waals surface area contributed by atoms with Crippen LogP contribution in [0.25, 0.3) is 0 Å². The molecule has 0 saturated carbocycles. The van der Waals surface area contributed by atoms with Gasteiger partial charge in [-0.05, 0) is 13.0 Å². The molecule has 1 amide bonds. The van der Waals surface area contributed by atoms with E-state index in [4.69, 9.17) is 0 Å². The van der Waals surface area contributed by atoms with Crippen LogP contribution in [0, 0.1) is 0 Å². The van der Waals surface area contributed by atoms with Gasteiger partial charge in [-0.25, -0.2) is 8.42 Å². The van der Waals surface area contributed by atoms with E-state index in [0.29, 0.717) is 13.1 Å². The lowest BCUT2D eigenvalue weighted by atomic mass is 10.2. The zero-order valence-corrected chi connectivity index (χ0v) is 9.62. The molecule has 1 aromatic heterocycles. The summed E-state index contributed by atoms with van der Waals surface area (Å²) in [7, 11) is -3.56. The van der Waals surface area contributed by atoms with Crippen LogP contribution in [0.5, 0.6) is 0 Å². The normalized spacial score (nSPS) is 23.1. The van der Waals surface area contributed by atoms with Crippen LogP contribution in [0.2, 0.25) is 0 Å². The molecule has 0 radical (unpaired) electrons. The number of piperazine rings is 1. The predicted molar refractivity (Wildman–Crippen MR) is 57.2 cm³/mol. The number of rotatable bonds is 2. The molecule has 1 saturated heterocycles. The van der Waals surface area contributed by atoms with Crippen molar-refractivity contribution in [1.82, 2.24) is 14.6 Å². The molecule has 1 aromatic rings. The Balaban J connectivity index is 2.34. The molecule has 0 spiro atoms. The molecule has 0 bridgehead atoms. The summed E-state index contributed by atoms with van der Waals surface area (Å²) in [6.07, 6.45) is 2.95. The largest absolute Gasteiger partial charge is 0.366 e. The first kappa shape index (κ1) is 11.2. The Labute approximate surface area is 93.7 Å². The molecule has 2 N–H and O–H groups in total. The molecule has 1 unspecified atom stereocenters. The van der Waals surface area contributed by atoms with Crippen molar-refractivity contribution >= 4 is 15.9 Å². The number of carbonyl (C=O) groups is 1. The first-order valence-electron chi connectivity index (χ1n) is 4.96. The number of aromatic amines is 1. The van der Waals surface area contributed by atoms with Crippen LogP contribution in [0.15, 0.2) is 23.4 Å². The minimum absolute atomic E-state index is 0.189. The molecule has 6 nitrogen and oxygen atoms in total. The Bertz CT molecular complexity index is 480. The third-order valence-electron chi connectivity index (χ3n) is 2.62. The summed E-state index contributed by atoms with van der Waals surface area (Å²) in [6, 6.07) is 0.822. The highest BCUT2D eigenvalue weighted by molar-refractivity contribution is 7.89. The van der Waals surface area contributed by atoms with E-state index in [0.717, 1.165) is 0 Å². The molecular weight excluding hydrogens is 230 g/mol. The Morgan fingerprint density at radius 1 is 1.50 bits per heavy atom. The number of H-pyrrole nitrogens is 1. The third kappa shape index (κ3) is 1.72. The standard InChI is InChI=1S/C9H13N3O3S/c1-7-9(13)11-4-5-12(7)16(14,15)8-2-3-10-6-8/h2-3,6-7,10H,4-5H2,1H3,(H,11,13). The Morgan fingerprint density at radius 2 is 2.25 bits per heavy atom. The summed E-state index contributed by atoms with van der Waals surface area (Å²) in [4.78, 5) is 14.3. The second-order valence-corrected chi connectivity index (χ2v) is 5.52. The maximum Gasteiger partial charge on any atom is 0.245 e. The number of carbonyl (C=O) groups excluding carboxylic acids is 1. The van der Waals surface area contributed by atoms with Gasteiger partial charge < -0.3 is 10.3 Å². The minimum atomic E-state index is -3.56. The summed E-state index contributed by atoms with van der Waals surface area (Å²) in [5, 5.41) is 2.63. The van der Waals surface area contributed by atoms with Crippen LogP contribution in [-0.2, 0) is 14.8 Å². The fraction of sp³-hybridized carbons (Fsp3) is 0.444. The number of amides is 1. The monoisotopic (exact) mass is 243 g/mol. The first-order valence-corrected chi connectivity index (χ1v) is 6.40. The molecule has 1 aliphatic rings. The number of nitrogens with one attached hydrogen (secondary N) is 2. The number of hydrogen-bond acceptors (Lipinski definition) is 3. The third-order valence-corrected chi connectivity index (χ3v) is 4.58. The van der Waals surface area contributed by atoms with E-state index in [1.807, 2.05) is 0 Å². The number of aromatic nitrogens is 1. The van der Waals surface area contributed by atoms with E-state index < -0.39 is 16.1 Å². The molecule has 1 aliphatic heterocycles. The van der Waals surface area contributed by atoms with Crippen molar-refractivity contribution in [1.29, 1.82) is 0 Å². The summed E-state index contributed by atoms with van der Waals surface area (Å²) >= 11 is 0. The van der Waals surface area contributed by atoms with Gasteiger partial charge in [-0.3, -0.25) is 4.79 Å². The molecule has 0 aliphatic carbocycles. The summed E-state index contributed by atoms with van der Waals surface area (Å²) in [5.74, 6) is -0.259. The summed E-state index contributed by atoms with van der Waals surface area (Å²) < 4.78 is 25.5. The van der Waals surface area contributed by atoms with Crippen molar-refractivity contribution in [2.75, 3.05) is 13.1 Å². The highest BCUT2D eigenvalue weighted by Crippen LogP contribution is 2.18. The van der Waals surface area contributed by atoms with Crippen molar-refractivity contribution in [2.24, 2.45) is 0 Å². The fourth-order valence-corrected chi connectivity index (χ4v) is 3.27. The van der Waals surface area contributed by atoms with E-state index in [2.05, 4.69) is 10.3 Å². The van der Waals surface area contributed by atoms with E-state index in [-0.39, 0.29) is 10.8 Å². The summed E-state index contributed by atoms with van der Waals surface area (Å²) in [5.41, 5.74) is 0. The number of nitrogens with zero attached hydrogens (tertiary/aromatic N) is 1. The van der Waals surface area contributed by atoms with Crippen molar-refractivity contribution in [3.63, 3.8) is 0 Å². The second kappa shape index (κ2) is 3.91. The molecule has 0 aromatic carbocycles. The molecular formula is C9H13N3O3S. The van der Waals surface area contributed by atoms with E-state index in [1.54, 1.807) is 13.1 Å². The lowest BCUT2D eigenvalue weighted by molar-refractivity contribution is -0.126. The van der Waals surface area contributed by atoms with Crippen LogP contribution in [0.1, 0.15) is 6.92 Å². The smallest absolute Gasteiger partial charge is 0.245 e. The van der Waals surface area contributed by atoms with Crippen molar-refractivity contribution < 1.29 is 13.2 Å². The van der Waals surface area contributed by atoms with E-state index >= 15 is 0 Å². The fourth-order valence-electron chi connectivity index (χ4n) is 1.69.